The number of hydrogen-bond acceptors (Lipinski definition) is 6. The molecule has 0 fully saturated rings. The first-order chi connectivity index (χ1) is 16.5. The van der Waals surface area contributed by atoms with Crippen molar-refractivity contribution in [3.05, 3.63) is 96.1 Å². The summed E-state index contributed by atoms with van der Waals surface area (Å²) >= 11 is 0. The summed E-state index contributed by atoms with van der Waals surface area (Å²) in [5.41, 5.74) is 0.723. The van der Waals surface area contributed by atoms with E-state index in [4.69, 9.17) is 9.05 Å². The molecule has 1 heterocycles. The molecule has 3 amide bonds. The van der Waals surface area contributed by atoms with Crippen molar-refractivity contribution in [3.63, 3.8) is 0 Å². The van der Waals surface area contributed by atoms with Gasteiger partial charge in [0.15, 0.2) is 5.78 Å². The molecule has 0 bridgehead atoms. The Morgan fingerprint density at radius 2 is 1.26 bits per heavy atom. The number of amides is 3. The minimum atomic E-state index is -3.97. The van der Waals surface area contributed by atoms with Crippen LogP contribution in [0.3, 0.4) is 0 Å². The van der Waals surface area contributed by atoms with Gasteiger partial charge in [0.1, 0.15) is 11.5 Å². The fourth-order valence-electron chi connectivity index (χ4n) is 3.70. The zero-order valence-electron chi connectivity index (χ0n) is 18.2. The van der Waals surface area contributed by atoms with Gasteiger partial charge in [-0.3, -0.25) is 19.3 Å². The van der Waals surface area contributed by atoms with Crippen LogP contribution >= 0.6 is 7.60 Å². The van der Waals surface area contributed by atoms with Crippen molar-refractivity contribution in [2.75, 3.05) is 6.54 Å². The molecule has 1 unspecified atom stereocenters. The van der Waals surface area contributed by atoms with Crippen LogP contribution < -0.4 is 14.4 Å². The lowest BCUT2D eigenvalue weighted by atomic mass is 10.1. The third-order valence-electron chi connectivity index (χ3n) is 5.33. The molecule has 0 aliphatic carbocycles. The van der Waals surface area contributed by atoms with Crippen LogP contribution in [0.25, 0.3) is 0 Å². The van der Waals surface area contributed by atoms with Crippen molar-refractivity contribution >= 4 is 25.8 Å². The van der Waals surface area contributed by atoms with E-state index in [0.717, 1.165) is 4.90 Å². The molecule has 9 heteroatoms. The van der Waals surface area contributed by atoms with Crippen molar-refractivity contribution in [1.82, 2.24) is 10.2 Å². The minimum Gasteiger partial charge on any atom is -0.415 e. The van der Waals surface area contributed by atoms with E-state index in [-0.39, 0.29) is 31.2 Å². The number of imide groups is 1. The van der Waals surface area contributed by atoms with E-state index in [1.807, 2.05) is 0 Å². The molecule has 1 N–H and O–H groups in total. The molecular formula is C25H23N2O6P. The molecule has 0 spiro atoms. The predicted octanol–water partition coefficient (Wildman–Crippen LogP) is 4.49. The molecule has 0 saturated heterocycles. The fourth-order valence-corrected chi connectivity index (χ4v) is 5.56. The molecule has 174 valence electrons. The maximum absolute atomic E-state index is 14.0. The van der Waals surface area contributed by atoms with Gasteiger partial charge in [-0.15, -0.1) is 0 Å². The lowest BCUT2D eigenvalue weighted by Crippen LogP contribution is -2.34. The number of fused-ring (bicyclic) bond motifs is 1. The highest BCUT2D eigenvalue weighted by atomic mass is 31.2. The Bertz CT molecular complexity index is 1140. The second kappa shape index (κ2) is 10.4. The van der Waals surface area contributed by atoms with Crippen LogP contribution in [0.15, 0.2) is 84.9 Å². The maximum Gasteiger partial charge on any atom is 0.452 e. The number of carbonyl (C=O) groups excluding carboxylic acids is 3. The van der Waals surface area contributed by atoms with Gasteiger partial charge >= 0.3 is 7.60 Å². The van der Waals surface area contributed by atoms with Crippen LogP contribution in [-0.2, 0) is 9.36 Å². The van der Waals surface area contributed by atoms with Crippen molar-refractivity contribution in [2.45, 2.75) is 18.6 Å². The molecular weight excluding hydrogens is 455 g/mol. The van der Waals surface area contributed by atoms with Gasteiger partial charge in [0, 0.05) is 6.54 Å². The standard InChI is InChI=1S/C25H23N2O6P/c28-18-26-23(16-9-17-27-24(29)21-14-7-8-15-22(21)25(27)30)34(31,32-19-10-3-1-4-11-19)33-20-12-5-2-6-13-20/h1-8,10-15,18,23H,9,16-17H2,(H,26,28). The summed E-state index contributed by atoms with van der Waals surface area (Å²) in [5.74, 6) is -1.12. The summed E-state index contributed by atoms with van der Waals surface area (Å²) in [6.45, 7) is 0.0973. The second-order valence-electron chi connectivity index (χ2n) is 7.60. The van der Waals surface area contributed by atoms with Gasteiger partial charge in [-0.1, -0.05) is 48.5 Å². The number of rotatable bonds is 11. The van der Waals surface area contributed by atoms with E-state index in [1.54, 1.807) is 84.9 Å². The van der Waals surface area contributed by atoms with E-state index in [0.29, 0.717) is 29.0 Å². The van der Waals surface area contributed by atoms with E-state index in [2.05, 4.69) is 5.32 Å². The third kappa shape index (κ3) is 5.02. The van der Waals surface area contributed by atoms with Crippen LogP contribution in [0.5, 0.6) is 11.5 Å². The largest absolute Gasteiger partial charge is 0.452 e. The molecule has 1 aliphatic rings. The monoisotopic (exact) mass is 478 g/mol. The van der Waals surface area contributed by atoms with Crippen molar-refractivity contribution < 1.29 is 28.0 Å². The van der Waals surface area contributed by atoms with Crippen LogP contribution in [0.2, 0.25) is 0 Å². The minimum absolute atomic E-state index is 0.0973. The van der Waals surface area contributed by atoms with Crippen LogP contribution in [-0.4, -0.2) is 35.5 Å². The maximum atomic E-state index is 14.0. The van der Waals surface area contributed by atoms with E-state index in [9.17, 15) is 18.9 Å². The van der Waals surface area contributed by atoms with E-state index >= 15 is 0 Å². The molecule has 8 nitrogen and oxygen atoms in total. The number of hydrogen-bond donors (Lipinski definition) is 1. The quantitative estimate of drug-likeness (QED) is 0.248. The first-order valence-corrected chi connectivity index (χ1v) is 12.4. The highest BCUT2D eigenvalue weighted by Crippen LogP contribution is 2.53. The normalized spacial score (nSPS) is 13.8. The molecule has 1 atom stereocenters. The number of nitrogens with one attached hydrogen (secondary N) is 1. The average Bonchev–Trinajstić information content (AvgIpc) is 3.09. The Morgan fingerprint density at radius 1 is 0.794 bits per heavy atom. The lowest BCUT2D eigenvalue weighted by molar-refractivity contribution is -0.109. The Morgan fingerprint density at radius 3 is 1.74 bits per heavy atom. The van der Waals surface area contributed by atoms with Crippen molar-refractivity contribution in [3.8, 4) is 11.5 Å². The number of nitrogens with zero attached hydrogens (tertiary/aromatic N) is 1. The molecule has 4 rings (SSSR count). The molecule has 0 saturated carbocycles. The van der Waals surface area contributed by atoms with Crippen LogP contribution in [0.4, 0.5) is 0 Å². The summed E-state index contributed by atoms with van der Waals surface area (Å²) in [6.07, 6.45) is 0.850. The summed E-state index contributed by atoms with van der Waals surface area (Å²) in [5, 5.41) is 2.55. The zero-order valence-corrected chi connectivity index (χ0v) is 19.1. The number of carbonyl (C=O) groups is 3. The molecule has 34 heavy (non-hydrogen) atoms. The highest BCUT2D eigenvalue weighted by Gasteiger charge is 2.40. The topological polar surface area (TPSA) is 102 Å². The van der Waals surface area contributed by atoms with Gasteiger partial charge in [-0.25, -0.2) is 4.57 Å². The Hall–Kier alpha value is -3.90. The average molecular weight is 478 g/mol. The van der Waals surface area contributed by atoms with Gasteiger partial charge < -0.3 is 14.4 Å². The summed E-state index contributed by atoms with van der Waals surface area (Å²) in [7, 11) is -3.97. The number of benzene rings is 3. The first kappa shape index (κ1) is 23.3. The zero-order chi connectivity index (χ0) is 24.0. The Balaban J connectivity index is 1.51. The van der Waals surface area contributed by atoms with Gasteiger partial charge in [-0.2, -0.15) is 0 Å². The van der Waals surface area contributed by atoms with Gasteiger partial charge in [0.05, 0.1) is 11.1 Å². The summed E-state index contributed by atoms with van der Waals surface area (Å²) < 4.78 is 25.6. The van der Waals surface area contributed by atoms with Gasteiger partial charge in [0.2, 0.25) is 6.41 Å². The second-order valence-corrected chi connectivity index (χ2v) is 9.67. The number of para-hydroxylation sites is 2. The van der Waals surface area contributed by atoms with E-state index < -0.39 is 13.4 Å². The molecule has 0 aromatic heterocycles. The molecule has 1 aliphatic heterocycles. The predicted molar refractivity (Wildman–Crippen MR) is 126 cm³/mol. The SMILES string of the molecule is O=CNC(CCCN1C(=O)c2ccccc2C1=O)P(=O)(Oc1ccccc1)Oc1ccccc1. The van der Waals surface area contributed by atoms with Crippen molar-refractivity contribution in [1.29, 1.82) is 0 Å². The molecule has 3 aromatic rings. The van der Waals surface area contributed by atoms with Crippen molar-refractivity contribution in [2.24, 2.45) is 0 Å². The first-order valence-electron chi connectivity index (χ1n) is 10.8. The smallest absolute Gasteiger partial charge is 0.415 e. The summed E-state index contributed by atoms with van der Waals surface area (Å²) in [4.78, 5) is 37.8. The Labute approximate surface area is 197 Å². The van der Waals surface area contributed by atoms with Gasteiger partial charge in [-0.05, 0) is 49.2 Å². The highest BCUT2D eigenvalue weighted by molar-refractivity contribution is 7.55. The fraction of sp³-hybridized carbons (Fsp3) is 0.160. The molecule has 3 aromatic carbocycles. The van der Waals surface area contributed by atoms with Crippen LogP contribution in [0.1, 0.15) is 33.6 Å². The van der Waals surface area contributed by atoms with E-state index in [1.165, 1.54) is 0 Å². The molecule has 0 radical (unpaired) electrons. The summed E-state index contributed by atoms with van der Waals surface area (Å²) in [6, 6.07) is 23.7. The third-order valence-corrected chi connectivity index (χ3v) is 7.43. The van der Waals surface area contributed by atoms with Gasteiger partial charge in [0.25, 0.3) is 11.8 Å². The lowest BCUT2D eigenvalue weighted by Gasteiger charge is -2.27. The van der Waals surface area contributed by atoms with Crippen LogP contribution in [0, 0.1) is 0 Å². The Kier molecular flexibility index (Phi) is 7.09.